The van der Waals surface area contributed by atoms with Gasteiger partial charge in [0.15, 0.2) is 5.82 Å². The Balaban J connectivity index is 0.00000172. The van der Waals surface area contributed by atoms with Crippen LogP contribution in [0.3, 0.4) is 0 Å². The monoisotopic (exact) mass is 558 g/mol. The molecule has 7 nitrogen and oxygen atoms in total. The van der Waals surface area contributed by atoms with Gasteiger partial charge < -0.3 is 9.64 Å². The summed E-state index contributed by atoms with van der Waals surface area (Å²) in [5.74, 6) is 0.609. The smallest absolute Gasteiger partial charge is 0.379 e. The van der Waals surface area contributed by atoms with Crippen LogP contribution in [0, 0.1) is 12.8 Å². The van der Waals surface area contributed by atoms with E-state index < -0.39 is 11.7 Å². The highest BCUT2D eigenvalue weighted by Gasteiger charge is 2.36. The number of morpholine rings is 1. The molecule has 5 rings (SSSR count). The fourth-order valence-electron chi connectivity index (χ4n) is 4.68. The second-order valence-electron chi connectivity index (χ2n) is 9.21. The Morgan fingerprint density at radius 3 is 2.10 bits per heavy atom. The summed E-state index contributed by atoms with van der Waals surface area (Å²) in [6.45, 7) is 6.48. The highest BCUT2D eigenvalue weighted by molar-refractivity contribution is 6.30. The van der Waals surface area contributed by atoms with Crippen LogP contribution < -0.4 is 4.90 Å². The zero-order chi connectivity index (χ0) is 27.8. The van der Waals surface area contributed by atoms with Gasteiger partial charge in [0.2, 0.25) is 0 Å². The van der Waals surface area contributed by atoms with Gasteiger partial charge in [-0.3, -0.25) is 9.80 Å². The van der Waals surface area contributed by atoms with E-state index in [1.807, 2.05) is 30.3 Å². The van der Waals surface area contributed by atoms with Crippen molar-refractivity contribution in [3.05, 3.63) is 70.6 Å². The first-order valence-electron chi connectivity index (χ1n) is 12.6. The van der Waals surface area contributed by atoms with Crippen LogP contribution in [-0.4, -0.2) is 77.2 Å². The van der Waals surface area contributed by atoms with Crippen LogP contribution in [0.4, 0.5) is 19.0 Å². The highest BCUT2D eigenvalue weighted by Crippen LogP contribution is 2.35. The van der Waals surface area contributed by atoms with Crippen molar-refractivity contribution in [2.45, 2.75) is 19.3 Å². The fourth-order valence-corrected chi connectivity index (χ4v) is 4.87. The molecule has 2 fully saturated rings. The molecule has 0 N–H and O–H groups in total. The quantitative estimate of drug-likeness (QED) is 0.409. The molecule has 0 amide bonds. The van der Waals surface area contributed by atoms with Gasteiger partial charge in [0.1, 0.15) is 5.82 Å². The van der Waals surface area contributed by atoms with Crippen molar-refractivity contribution in [1.29, 1.82) is 0 Å². The Labute approximate surface area is 231 Å². The number of piperazine rings is 1. The predicted octanol–water partition coefficient (Wildman–Crippen LogP) is 4.61. The zero-order valence-electron chi connectivity index (χ0n) is 21.4. The molecule has 2 aliphatic heterocycles. The zero-order valence-corrected chi connectivity index (χ0v) is 22.2. The van der Waals surface area contributed by atoms with Gasteiger partial charge >= 0.3 is 6.18 Å². The van der Waals surface area contributed by atoms with Crippen molar-refractivity contribution >= 4 is 17.4 Å². The predicted molar refractivity (Wildman–Crippen MR) is 145 cm³/mol. The van der Waals surface area contributed by atoms with Crippen LogP contribution in [0.2, 0.25) is 5.02 Å². The summed E-state index contributed by atoms with van der Waals surface area (Å²) >= 11 is 6.22. The lowest BCUT2D eigenvalue weighted by molar-refractivity contribution is -0.137. The van der Waals surface area contributed by atoms with E-state index in [9.17, 15) is 13.2 Å². The molecule has 39 heavy (non-hydrogen) atoms. The highest BCUT2D eigenvalue weighted by atomic mass is 35.5. The van der Waals surface area contributed by atoms with E-state index in [2.05, 4.69) is 27.6 Å². The van der Waals surface area contributed by atoms with Crippen molar-refractivity contribution in [2.75, 3.05) is 57.4 Å². The summed E-state index contributed by atoms with van der Waals surface area (Å²) in [7, 11) is 0. The number of alkyl halides is 3. The number of rotatable bonds is 6. The number of hydrogen-bond donors (Lipinski definition) is 0. The number of terminal acetylenes is 1. The van der Waals surface area contributed by atoms with E-state index in [0.717, 1.165) is 36.1 Å². The first kappa shape index (κ1) is 28.8. The average molecular weight is 559 g/mol. The van der Waals surface area contributed by atoms with Gasteiger partial charge in [-0.25, -0.2) is 15.0 Å². The van der Waals surface area contributed by atoms with Gasteiger partial charge in [-0.05, 0) is 30.3 Å². The van der Waals surface area contributed by atoms with Crippen molar-refractivity contribution in [3.8, 4) is 24.2 Å². The minimum absolute atomic E-state index is 0.00674. The maximum Gasteiger partial charge on any atom is 0.419 e. The average Bonchev–Trinajstić information content (AvgIpc) is 2.95. The summed E-state index contributed by atoms with van der Waals surface area (Å²) < 4.78 is 45.9. The number of nitrogens with zero attached hydrogens (tertiary/aromatic N) is 6. The topological polar surface area (TPSA) is 57.6 Å². The maximum atomic E-state index is 13.5. The van der Waals surface area contributed by atoms with E-state index in [1.165, 1.54) is 12.3 Å². The van der Waals surface area contributed by atoms with Gasteiger partial charge in [0.25, 0.3) is 0 Å². The molecule has 0 atom stereocenters. The lowest BCUT2D eigenvalue weighted by Gasteiger charge is -2.36. The maximum absolute atomic E-state index is 13.5. The number of aromatic nitrogens is 3. The molecule has 0 bridgehead atoms. The second kappa shape index (κ2) is 13.2. The molecule has 4 heterocycles. The molecular formula is C28H30ClF3N6O. The molecule has 0 spiro atoms. The Kier molecular flexibility index (Phi) is 9.75. The van der Waals surface area contributed by atoms with Crippen LogP contribution in [-0.2, 0) is 24.0 Å². The van der Waals surface area contributed by atoms with Gasteiger partial charge in [0.05, 0.1) is 30.2 Å². The largest absolute Gasteiger partial charge is 0.419 e. The van der Waals surface area contributed by atoms with Gasteiger partial charge in [0, 0.05) is 69.1 Å². The summed E-state index contributed by atoms with van der Waals surface area (Å²) in [5.41, 5.74) is 1.94. The Hall–Kier alpha value is -3.23. The first-order valence-corrected chi connectivity index (χ1v) is 13.0. The van der Waals surface area contributed by atoms with Crippen LogP contribution in [0.1, 0.15) is 17.0 Å². The van der Waals surface area contributed by atoms with Gasteiger partial charge in [-0.2, -0.15) is 13.2 Å². The van der Waals surface area contributed by atoms with Crippen LogP contribution in [0.15, 0.2) is 48.7 Å². The van der Waals surface area contributed by atoms with Crippen LogP contribution in [0.5, 0.6) is 0 Å². The first-order chi connectivity index (χ1) is 18.8. The number of hydrogen-bond acceptors (Lipinski definition) is 7. The summed E-state index contributed by atoms with van der Waals surface area (Å²) in [5, 5.41) is 0.616. The number of anilines is 1. The summed E-state index contributed by atoms with van der Waals surface area (Å²) in [6, 6.07) is 11.9. The Morgan fingerprint density at radius 2 is 1.49 bits per heavy atom. The van der Waals surface area contributed by atoms with Crippen molar-refractivity contribution in [3.63, 3.8) is 0 Å². The minimum atomic E-state index is -4.44. The van der Waals surface area contributed by atoms with E-state index in [4.69, 9.17) is 26.3 Å². The normalized spacial score (nSPS) is 16.9. The van der Waals surface area contributed by atoms with Gasteiger partial charge in [-0.15, -0.1) is 12.8 Å². The van der Waals surface area contributed by atoms with E-state index in [1.54, 1.807) is 4.90 Å². The van der Waals surface area contributed by atoms with Crippen LogP contribution >= 0.6 is 11.6 Å². The number of ether oxygens (including phenoxy) is 1. The molecule has 0 aliphatic carbocycles. The molecule has 2 aromatic heterocycles. The molecule has 0 unspecified atom stereocenters. The lowest BCUT2D eigenvalue weighted by Crippen LogP contribution is -2.47. The fraction of sp³-hybridized carbons (Fsp3) is 0.393. The molecule has 0 saturated carbocycles. The third-order valence-corrected chi connectivity index (χ3v) is 6.79. The SMILES string of the molecule is C#C.FC(F)(F)c1cccnc1N1CCN(Cc2cc(CN3CCOCC3)nc(-c3cccc(Cl)c3)n2)CC1. The summed E-state index contributed by atoms with van der Waals surface area (Å²) in [6.07, 6.45) is 4.97. The molecule has 0 radical (unpaired) electrons. The standard InChI is InChI=1S/C26H28ClF3N6O.C2H2/c27-20-4-1-3-19(15-20)24-32-21(16-22(33-24)18-35-11-13-37-14-12-35)17-34-7-9-36(10-8-34)25-23(26(28,29)30)5-2-6-31-25;1-2/h1-6,15-16H,7-14,17-18H2;1-2H. The molecule has 206 valence electrons. The van der Waals surface area contributed by atoms with Crippen LogP contribution in [0.25, 0.3) is 11.4 Å². The number of pyridine rings is 1. The lowest BCUT2D eigenvalue weighted by atomic mass is 10.2. The number of halogens is 4. The molecule has 11 heteroatoms. The molecule has 2 saturated heterocycles. The minimum Gasteiger partial charge on any atom is -0.379 e. The third kappa shape index (κ3) is 7.67. The third-order valence-electron chi connectivity index (χ3n) is 6.55. The molecule has 3 aromatic rings. The summed E-state index contributed by atoms with van der Waals surface area (Å²) in [4.78, 5) is 19.9. The molecular weight excluding hydrogens is 529 g/mol. The Morgan fingerprint density at radius 1 is 0.846 bits per heavy atom. The molecule has 2 aliphatic rings. The van der Waals surface area contributed by atoms with Gasteiger partial charge in [-0.1, -0.05) is 23.7 Å². The van der Waals surface area contributed by atoms with Crippen molar-refractivity contribution in [2.24, 2.45) is 0 Å². The van der Waals surface area contributed by atoms with E-state index >= 15 is 0 Å². The molecule has 1 aromatic carbocycles. The van der Waals surface area contributed by atoms with E-state index in [0.29, 0.717) is 63.3 Å². The van der Waals surface area contributed by atoms with Crippen molar-refractivity contribution < 1.29 is 17.9 Å². The Bertz CT molecular complexity index is 1260. The number of benzene rings is 1. The van der Waals surface area contributed by atoms with E-state index in [-0.39, 0.29) is 5.82 Å². The van der Waals surface area contributed by atoms with Crippen molar-refractivity contribution in [1.82, 2.24) is 24.8 Å². The second-order valence-corrected chi connectivity index (χ2v) is 9.65.